The molecule has 3 N–H and O–H groups in total. The Hall–Kier alpha value is -6.50. The first kappa shape index (κ1) is 36.2. The smallest absolute Gasteiger partial charge is 0.274 e. The average Bonchev–Trinajstić information content (AvgIpc) is 3.58. The number of halogens is 1. The molecule has 4 aromatic heterocycles. The number of tetrazole rings is 2. The summed E-state index contributed by atoms with van der Waals surface area (Å²) in [6.07, 6.45) is 8.12. The van der Waals surface area contributed by atoms with E-state index in [1.54, 1.807) is 15.6 Å². The summed E-state index contributed by atoms with van der Waals surface area (Å²) < 4.78 is 38.5. The molecule has 3 aliphatic heterocycles. The number of rotatable bonds is 5. The third-order valence-corrected chi connectivity index (χ3v) is 10.1. The van der Waals surface area contributed by atoms with Crippen molar-refractivity contribution in [3.8, 4) is 40.0 Å². The minimum Gasteiger partial charge on any atom is -0.488 e. The second kappa shape index (κ2) is 15.9. The number of morpholine rings is 1. The minimum atomic E-state index is -1.00. The van der Waals surface area contributed by atoms with Crippen LogP contribution >= 0.6 is 0 Å². The van der Waals surface area contributed by atoms with Gasteiger partial charge in [0.2, 0.25) is 0 Å². The molecule has 3 atom stereocenters. The number of benzene rings is 2. The summed E-state index contributed by atoms with van der Waals surface area (Å²) in [5.41, 5.74) is 11.8. The molecule has 7 heterocycles. The number of para-hydroxylation sites is 2. The van der Waals surface area contributed by atoms with Crippen LogP contribution in [0.25, 0.3) is 28.5 Å². The largest absolute Gasteiger partial charge is 0.488 e. The molecule has 1 saturated heterocycles. The lowest BCUT2D eigenvalue weighted by Crippen LogP contribution is -2.41. The van der Waals surface area contributed by atoms with E-state index in [1.807, 2.05) is 67.2 Å². The number of ether oxygens (including phenoxy) is 3. The van der Waals surface area contributed by atoms with Gasteiger partial charge in [0.15, 0.2) is 23.1 Å². The highest BCUT2D eigenvalue weighted by molar-refractivity contribution is 6.05. The molecule has 6 aromatic rings. The number of amides is 1. The van der Waals surface area contributed by atoms with Gasteiger partial charge < -0.3 is 34.7 Å². The topological polar surface area (TPSA) is 204 Å². The quantitative estimate of drug-likeness (QED) is 0.228. The number of carbonyl (C=O) groups is 1. The van der Waals surface area contributed by atoms with Crippen LogP contribution in [0.15, 0.2) is 61.2 Å². The van der Waals surface area contributed by atoms with Crippen LogP contribution in [0, 0.1) is 0 Å². The van der Waals surface area contributed by atoms with Crippen molar-refractivity contribution >= 4 is 23.0 Å². The SMILES string of the molecule is C[C@@H]1CN(c2cnc(C(=O)Nc3cccc4c3OC[C@@H](C)n3nnnc3-4)cc2-n2cnc(C3CC3)c2)CCO1.C[C@@H]1COc2c(N)cccc2-c2nnnn21.[2H]CF. The zero-order valence-corrected chi connectivity index (χ0v) is 31.7. The molecule has 2 fully saturated rings. The molecule has 0 unspecified atom stereocenters. The van der Waals surface area contributed by atoms with E-state index >= 15 is 0 Å². The van der Waals surface area contributed by atoms with Crippen molar-refractivity contribution in [2.45, 2.75) is 57.7 Å². The third-order valence-electron chi connectivity index (χ3n) is 10.1. The van der Waals surface area contributed by atoms with Crippen molar-refractivity contribution in [2.24, 2.45) is 0 Å². The molecule has 0 bridgehead atoms. The van der Waals surface area contributed by atoms with Crippen molar-refractivity contribution in [3.05, 3.63) is 72.6 Å². The van der Waals surface area contributed by atoms with Crippen molar-refractivity contribution in [2.75, 3.05) is 56.0 Å². The number of nitrogens with one attached hydrogen (secondary N) is 1. The zero-order chi connectivity index (χ0) is 40.3. The maximum Gasteiger partial charge on any atom is 0.274 e. The fourth-order valence-corrected chi connectivity index (χ4v) is 7.04. The summed E-state index contributed by atoms with van der Waals surface area (Å²) in [5.74, 6) is 2.70. The highest BCUT2D eigenvalue weighted by atomic mass is 19.1. The summed E-state index contributed by atoms with van der Waals surface area (Å²) in [5, 5.41) is 26.8. The van der Waals surface area contributed by atoms with Crippen molar-refractivity contribution < 1.29 is 24.8 Å². The number of pyridine rings is 1. The van der Waals surface area contributed by atoms with E-state index in [1.165, 1.54) is 12.8 Å². The molecule has 1 saturated carbocycles. The Bertz CT molecular complexity index is 2400. The predicted molar refractivity (Wildman–Crippen MR) is 207 cm³/mol. The fraction of sp³-hybridized carbons (Fsp3) is 0.395. The van der Waals surface area contributed by atoms with Crippen LogP contribution in [0.1, 0.15) is 69.2 Å². The fourth-order valence-electron chi connectivity index (χ4n) is 7.04. The van der Waals surface area contributed by atoms with Crippen LogP contribution in [0.4, 0.5) is 21.5 Å². The summed E-state index contributed by atoms with van der Waals surface area (Å²) in [7, 11) is -1.00. The van der Waals surface area contributed by atoms with Crippen LogP contribution < -0.4 is 25.4 Å². The van der Waals surface area contributed by atoms with Crippen LogP contribution in [-0.2, 0) is 4.74 Å². The van der Waals surface area contributed by atoms with E-state index in [0.29, 0.717) is 66.0 Å². The number of imidazole rings is 1. The van der Waals surface area contributed by atoms with Gasteiger partial charge in [-0.25, -0.2) is 19.3 Å². The molecule has 19 heteroatoms. The van der Waals surface area contributed by atoms with Gasteiger partial charge in [-0.15, -0.1) is 10.2 Å². The molecule has 2 aromatic carbocycles. The highest BCUT2D eigenvalue weighted by Gasteiger charge is 2.29. The van der Waals surface area contributed by atoms with E-state index in [9.17, 15) is 9.18 Å². The Morgan fingerprint density at radius 1 is 0.930 bits per heavy atom. The van der Waals surface area contributed by atoms with E-state index in [0.717, 1.165) is 41.3 Å². The molecule has 0 radical (unpaired) electrons. The average molecular weight is 780 g/mol. The first-order valence-electron chi connectivity index (χ1n) is 19.4. The van der Waals surface area contributed by atoms with Gasteiger partial charge in [-0.1, -0.05) is 12.1 Å². The second-order valence-corrected chi connectivity index (χ2v) is 14.2. The molecular formula is C38H43FN14O4. The van der Waals surface area contributed by atoms with Crippen LogP contribution in [0.5, 0.6) is 11.5 Å². The van der Waals surface area contributed by atoms with Crippen LogP contribution in [0.3, 0.4) is 0 Å². The summed E-state index contributed by atoms with van der Waals surface area (Å²) in [6.45, 7) is 9.07. The molecule has 1 aliphatic carbocycles. The first-order chi connectivity index (χ1) is 28.2. The van der Waals surface area contributed by atoms with Gasteiger partial charge >= 0.3 is 0 Å². The Kier molecular flexibility index (Phi) is 10.1. The number of nitrogens with two attached hydrogens (primary N) is 1. The molecule has 10 rings (SSSR count). The van der Waals surface area contributed by atoms with Gasteiger partial charge in [-0.3, -0.25) is 9.18 Å². The summed E-state index contributed by atoms with van der Waals surface area (Å²) >= 11 is 0. The molecule has 18 nitrogen and oxygen atoms in total. The Morgan fingerprint density at radius 2 is 1.60 bits per heavy atom. The number of aromatic nitrogens is 11. The van der Waals surface area contributed by atoms with Gasteiger partial charge in [-0.05, 0) is 84.8 Å². The molecule has 0 spiro atoms. The number of hydrogen-bond donors (Lipinski definition) is 2. The molecule has 4 aliphatic rings. The van der Waals surface area contributed by atoms with E-state index in [2.05, 4.69) is 64.4 Å². The first-order valence-corrected chi connectivity index (χ1v) is 18.6. The monoisotopic (exact) mass is 779 g/mol. The van der Waals surface area contributed by atoms with Crippen molar-refractivity contribution in [1.29, 1.82) is 0 Å². The zero-order valence-electron chi connectivity index (χ0n) is 32.7. The van der Waals surface area contributed by atoms with Crippen molar-refractivity contribution in [3.63, 3.8) is 0 Å². The number of carbonyl (C=O) groups excluding carboxylic acids is 1. The Morgan fingerprint density at radius 3 is 2.28 bits per heavy atom. The molecule has 57 heavy (non-hydrogen) atoms. The Balaban J connectivity index is 0.000000205. The molecule has 296 valence electrons. The van der Waals surface area contributed by atoms with E-state index in [-0.39, 0.29) is 24.1 Å². The lowest BCUT2D eigenvalue weighted by Gasteiger charge is -2.34. The van der Waals surface area contributed by atoms with Gasteiger partial charge in [0.25, 0.3) is 5.91 Å². The number of fused-ring (bicyclic) bond motifs is 6. The maximum absolute atomic E-state index is 13.6. The van der Waals surface area contributed by atoms with E-state index < -0.39 is 7.15 Å². The lowest BCUT2D eigenvalue weighted by atomic mass is 10.1. The number of nitrogens with zero attached hydrogens (tertiary/aromatic N) is 12. The molecule has 1 amide bonds. The minimum absolute atomic E-state index is 0.0543. The normalized spacial score (nSPS) is 19.5. The number of alkyl halides is 1. The number of anilines is 3. The lowest BCUT2D eigenvalue weighted by molar-refractivity contribution is 0.0532. The van der Waals surface area contributed by atoms with Gasteiger partial charge in [0.05, 0.1) is 85.4 Å². The molecular weight excluding hydrogens is 736 g/mol. The van der Waals surface area contributed by atoms with Gasteiger partial charge in [0, 0.05) is 25.2 Å². The van der Waals surface area contributed by atoms with Gasteiger partial charge in [0.1, 0.15) is 18.9 Å². The standard InChI is InChI=1S/C27H29N9O3.C10H11N5O.CH3F/c1-16-14-39-25-19(26-31-32-33-36(16)26)4-3-5-20(25)30-27(37)21-10-23(35-13-22(29-15-35)18-6-7-18)24(11-28-21)34-8-9-38-17(2)12-34;1-6-5-16-9-7(3-2-4-8(9)11)10-12-13-14-15(6)10;1-2/h3-5,10-11,13,15-18H,6-9,12,14H2,1-2H3,(H,30,37);2-4,6H,5,11H2,1H3;1H3/t16-,17-;6-;/m11./s1/i;;1D. The van der Waals surface area contributed by atoms with Crippen LogP contribution in [0.2, 0.25) is 0 Å². The van der Waals surface area contributed by atoms with Crippen LogP contribution in [-0.4, -0.2) is 107 Å². The predicted octanol–water partition coefficient (Wildman–Crippen LogP) is 4.69. The maximum atomic E-state index is 13.6. The summed E-state index contributed by atoms with van der Waals surface area (Å²) in [4.78, 5) is 25.0. The second-order valence-electron chi connectivity index (χ2n) is 14.2. The van der Waals surface area contributed by atoms with E-state index in [4.69, 9.17) is 21.3 Å². The van der Waals surface area contributed by atoms with Crippen molar-refractivity contribution in [1.82, 2.24) is 54.9 Å². The van der Waals surface area contributed by atoms with Gasteiger partial charge in [-0.2, -0.15) is 0 Å². The third kappa shape index (κ3) is 7.44. The number of nitrogen functional groups attached to an aromatic ring is 1. The Labute approximate surface area is 328 Å². The number of hydrogen-bond acceptors (Lipinski definition) is 14. The highest BCUT2D eigenvalue weighted by Crippen LogP contribution is 2.41. The summed E-state index contributed by atoms with van der Waals surface area (Å²) in [6, 6.07) is 13.0.